The van der Waals surface area contributed by atoms with Gasteiger partial charge in [-0.15, -0.1) is 0 Å². The molecule has 1 atom stereocenters. The van der Waals surface area contributed by atoms with Gasteiger partial charge in [-0.3, -0.25) is 9.59 Å². The van der Waals surface area contributed by atoms with Gasteiger partial charge in [0, 0.05) is 57.6 Å². The number of nitrogens with zero attached hydrogens (tertiary/aromatic N) is 5. The summed E-state index contributed by atoms with van der Waals surface area (Å²) in [5.74, 6) is 0.329. The number of nitrogens with one attached hydrogen (secondary N) is 1. The Kier molecular flexibility index (Phi) is 5.24. The van der Waals surface area contributed by atoms with Crippen molar-refractivity contribution < 1.29 is 14.7 Å². The van der Waals surface area contributed by atoms with E-state index in [0.29, 0.717) is 23.9 Å². The minimum Gasteiger partial charge on any atom is -0.368 e. The maximum absolute atomic E-state index is 12.3. The van der Waals surface area contributed by atoms with Gasteiger partial charge in [0.1, 0.15) is 17.7 Å². The Morgan fingerprint density at radius 1 is 1.36 bits per heavy atom. The third kappa shape index (κ3) is 3.92. The third-order valence-corrected chi connectivity index (χ3v) is 4.57. The van der Waals surface area contributed by atoms with Crippen LogP contribution in [0.25, 0.3) is 0 Å². The van der Waals surface area contributed by atoms with E-state index in [1.54, 1.807) is 36.3 Å². The standard InChI is InChI=1S/C19H20N6O3/c1-13(26)24(2)11-14-3-6-21-16(9-14)23-17-10-15(4-7-22-17)25-8-5-19(28,12-20)18(25)27/h3-4,6-7,9-10,28H,5,8,11H2,1-2H3,(H,21,22,23)/t19-/m0/s1. The number of hydrogen-bond donors (Lipinski definition) is 2. The predicted octanol–water partition coefficient (Wildman–Crippen LogP) is 1.19. The Hall–Kier alpha value is -3.51. The summed E-state index contributed by atoms with van der Waals surface area (Å²) in [5.41, 5.74) is -0.545. The predicted molar refractivity (Wildman–Crippen MR) is 101 cm³/mol. The van der Waals surface area contributed by atoms with Crippen LogP contribution >= 0.6 is 0 Å². The van der Waals surface area contributed by atoms with E-state index in [-0.39, 0.29) is 18.9 Å². The molecule has 1 aliphatic heterocycles. The van der Waals surface area contributed by atoms with Crippen molar-refractivity contribution >= 4 is 29.1 Å². The van der Waals surface area contributed by atoms with Crippen molar-refractivity contribution in [3.05, 3.63) is 42.2 Å². The molecule has 0 saturated carbocycles. The highest BCUT2D eigenvalue weighted by Gasteiger charge is 2.46. The topological polar surface area (TPSA) is 122 Å². The average molecular weight is 380 g/mol. The van der Waals surface area contributed by atoms with E-state index >= 15 is 0 Å². The smallest absolute Gasteiger partial charge is 0.273 e. The first-order valence-electron chi connectivity index (χ1n) is 8.68. The number of anilines is 3. The van der Waals surface area contributed by atoms with Crippen LogP contribution in [0.15, 0.2) is 36.7 Å². The first-order valence-corrected chi connectivity index (χ1v) is 8.68. The van der Waals surface area contributed by atoms with Crippen LogP contribution in [0.4, 0.5) is 17.3 Å². The molecular formula is C19H20N6O3. The Labute approximate surface area is 162 Å². The van der Waals surface area contributed by atoms with Crippen LogP contribution in [-0.4, -0.2) is 51.0 Å². The molecule has 28 heavy (non-hydrogen) atoms. The number of carbonyl (C=O) groups is 2. The molecule has 1 saturated heterocycles. The number of aromatic nitrogens is 2. The van der Waals surface area contributed by atoms with Crippen molar-refractivity contribution in [3.63, 3.8) is 0 Å². The van der Waals surface area contributed by atoms with Crippen LogP contribution in [0.2, 0.25) is 0 Å². The summed E-state index contributed by atoms with van der Waals surface area (Å²) < 4.78 is 0. The second kappa shape index (κ2) is 7.62. The largest absolute Gasteiger partial charge is 0.368 e. The first-order chi connectivity index (χ1) is 13.3. The summed E-state index contributed by atoms with van der Waals surface area (Å²) >= 11 is 0. The van der Waals surface area contributed by atoms with Crippen LogP contribution in [0.5, 0.6) is 0 Å². The number of hydrogen-bond acceptors (Lipinski definition) is 7. The van der Waals surface area contributed by atoms with Crippen LogP contribution in [0, 0.1) is 11.3 Å². The van der Waals surface area contributed by atoms with Crippen molar-refractivity contribution in [1.82, 2.24) is 14.9 Å². The number of aliphatic hydroxyl groups is 1. The second-order valence-electron chi connectivity index (χ2n) is 6.63. The number of carbonyl (C=O) groups excluding carboxylic acids is 2. The van der Waals surface area contributed by atoms with E-state index in [4.69, 9.17) is 5.26 Å². The normalized spacial score (nSPS) is 18.6. The molecule has 0 spiro atoms. The lowest BCUT2D eigenvalue weighted by atomic mass is 10.1. The maximum Gasteiger partial charge on any atom is 0.273 e. The fourth-order valence-electron chi connectivity index (χ4n) is 2.87. The minimum atomic E-state index is -1.98. The van der Waals surface area contributed by atoms with E-state index in [1.807, 2.05) is 12.1 Å². The molecule has 3 rings (SSSR count). The van der Waals surface area contributed by atoms with Gasteiger partial charge in [0.25, 0.3) is 5.91 Å². The summed E-state index contributed by atoms with van der Waals surface area (Å²) in [5, 5.41) is 22.1. The highest BCUT2D eigenvalue weighted by atomic mass is 16.3. The molecule has 1 aliphatic rings. The molecule has 0 unspecified atom stereocenters. The summed E-state index contributed by atoms with van der Waals surface area (Å²) in [4.78, 5) is 35.1. The summed E-state index contributed by atoms with van der Waals surface area (Å²) in [7, 11) is 1.72. The van der Waals surface area contributed by atoms with Gasteiger partial charge in [-0.2, -0.15) is 5.26 Å². The molecular weight excluding hydrogens is 360 g/mol. The minimum absolute atomic E-state index is 0.0340. The average Bonchev–Trinajstić information content (AvgIpc) is 2.98. The van der Waals surface area contributed by atoms with E-state index in [1.165, 1.54) is 18.0 Å². The molecule has 0 aromatic carbocycles. The molecule has 0 bridgehead atoms. The maximum atomic E-state index is 12.3. The molecule has 9 nitrogen and oxygen atoms in total. The zero-order valence-electron chi connectivity index (χ0n) is 15.6. The highest BCUT2D eigenvalue weighted by Crippen LogP contribution is 2.29. The lowest BCUT2D eigenvalue weighted by molar-refractivity contribution is -0.128. The van der Waals surface area contributed by atoms with Crippen molar-refractivity contribution in [2.75, 3.05) is 23.8 Å². The van der Waals surface area contributed by atoms with Crippen molar-refractivity contribution in [3.8, 4) is 6.07 Å². The Morgan fingerprint density at radius 3 is 2.68 bits per heavy atom. The SMILES string of the molecule is CC(=O)N(C)Cc1ccnc(Nc2cc(N3CC[C@](O)(C#N)C3=O)ccn2)c1. The van der Waals surface area contributed by atoms with Crippen LogP contribution in [0.3, 0.4) is 0 Å². The Balaban J connectivity index is 1.76. The molecule has 144 valence electrons. The summed E-state index contributed by atoms with van der Waals surface area (Å²) in [6, 6.07) is 8.58. The number of rotatable bonds is 5. The molecule has 1 fully saturated rings. The second-order valence-corrected chi connectivity index (χ2v) is 6.63. The van der Waals surface area contributed by atoms with Gasteiger partial charge in [-0.1, -0.05) is 0 Å². The van der Waals surface area contributed by atoms with Gasteiger partial charge >= 0.3 is 0 Å². The van der Waals surface area contributed by atoms with Crippen molar-refractivity contribution in [2.45, 2.75) is 25.5 Å². The zero-order chi connectivity index (χ0) is 20.3. The Morgan fingerprint density at radius 2 is 2.04 bits per heavy atom. The fourth-order valence-corrected chi connectivity index (χ4v) is 2.87. The van der Waals surface area contributed by atoms with E-state index in [0.717, 1.165) is 5.56 Å². The number of amides is 2. The number of pyridine rings is 2. The highest BCUT2D eigenvalue weighted by molar-refractivity contribution is 6.03. The molecule has 2 aromatic heterocycles. The van der Waals surface area contributed by atoms with Gasteiger partial charge in [0.15, 0.2) is 0 Å². The van der Waals surface area contributed by atoms with E-state index < -0.39 is 11.5 Å². The van der Waals surface area contributed by atoms with E-state index in [9.17, 15) is 14.7 Å². The molecule has 2 amide bonds. The fraction of sp³-hybridized carbons (Fsp3) is 0.316. The summed E-state index contributed by atoms with van der Waals surface area (Å²) in [6.07, 6.45) is 3.22. The summed E-state index contributed by atoms with van der Waals surface area (Å²) in [6.45, 7) is 2.20. The lowest BCUT2D eigenvalue weighted by Crippen LogP contribution is -2.38. The van der Waals surface area contributed by atoms with Gasteiger partial charge in [0.05, 0.1) is 0 Å². The Bertz CT molecular complexity index is 957. The van der Waals surface area contributed by atoms with Gasteiger partial charge in [-0.25, -0.2) is 9.97 Å². The van der Waals surface area contributed by atoms with Gasteiger partial charge < -0.3 is 20.2 Å². The molecule has 3 heterocycles. The van der Waals surface area contributed by atoms with Crippen molar-refractivity contribution in [2.24, 2.45) is 0 Å². The van der Waals surface area contributed by atoms with Crippen molar-refractivity contribution in [1.29, 1.82) is 5.26 Å². The number of nitriles is 1. The molecule has 2 N–H and O–H groups in total. The van der Waals surface area contributed by atoms with E-state index in [2.05, 4.69) is 15.3 Å². The molecule has 2 aromatic rings. The molecule has 9 heteroatoms. The van der Waals surface area contributed by atoms with Gasteiger partial charge in [-0.05, 0) is 23.8 Å². The molecule has 0 aliphatic carbocycles. The quantitative estimate of drug-likeness (QED) is 0.747. The van der Waals surface area contributed by atoms with Gasteiger partial charge in [0.2, 0.25) is 11.5 Å². The van der Waals surface area contributed by atoms with Crippen LogP contribution < -0.4 is 10.2 Å². The zero-order valence-corrected chi connectivity index (χ0v) is 15.6. The first kappa shape index (κ1) is 19.3. The monoisotopic (exact) mass is 380 g/mol. The lowest BCUT2D eigenvalue weighted by Gasteiger charge is -2.18. The third-order valence-electron chi connectivity index (χ3n) is 4.57. The van der Waals surface area contributed by atoms with Crippen LogP contribution in [-0.2, 0) is 16.1 Å². The molecule has 0 radical (unpaired) electrons. The van der Waals surface area contributed by atoms with Crippen LogP contribution in [0.1, 0.15) is 18.9 Å².